The number of likely N-dealkylation sites (N-methyl/N-ethyl adjacent to an activating group) is 1. The number of aliphatic imine (C=N–C) groups is 1. The van der Waals surface area contributed by atoms with E-state index < -0.39 is 0 Å². The van der Waals surface area contributed by atoms with Crippen LogP contribution in [0.3, 0.4) is 0 Å². The van der Waals surface area contributed by atoms with E-state index in [0.29, 0.717) is 25.7 Å². The minimum atomic E-state index is -0.0877. The lowest BCUT2D eigenvalue weighted by Gasteiger charge is -2.12. The summed E-state index contributed by atoms with van der Waals surface area (Å²) in [7, 11) is 0. The summed E-state index contributed by atoms with van der Waals surface area (Å²) in [6, 6.07) is 9.63. The number of amides is 1. The predicted molar refractivity (Wildman–Crippen MR) is 100 cm³/mol. The Kier molecular flexibility index (Phi) is 12.3. The van der Waals surface area contributed by atoms with E-state index in [1.54, 1.807) is 0 Å². The highest BCUT2D eigenvalue weighted by Gasteiger charge is 2.00. The summed E-state index contributed by atoms with van der Waals surface area (Å²) in [6.45, 7) is 6.45. The summed E-state index contributed by atoms with van der Waals surface area (Å²) < 4.78 is 5.57. The van der Waals surface area contributed by atoms with Crippen molar-refractivity contribution in [3.63, 3.8) is 0 Å². The molecule has 0 aliphatic carbocycles. The quantitative estimate of drug-likeness (QED) is 0.257. The fraction of sp³-hybridized carbons (Fsp3) is 0.467. The van der Waals surface area contributed by atoms with E-state index in [1.807, 2.05) is 44.2 Å². The molecule has 0 bridgehead atoms. The topological polar surface area (TPSA) is 74.8 Å². The highest BCUT2D eigenvalue weighted by atomic mass is 127. The molecular formula is C15H25IN4O2. The van der Waals surface area contributed by atoms with Crippen LogP contribution in [0.2, 0.25) is 0 Å². The van der Waals surface area contributed by atoms with Gasteiger partial charge in [0, 0.05) is 13.1 Å². The van der Waals surface area contributed by atoms with Crippen LogP contribution in [0.1, 0.15) is 13.8 Å². The second kappa shape index (κ2) is 13.2. The third kappa shape index (κ3) is 9.43. The van der Waals surface area contributed by atoms with E-state index in [-0.39, 0.29) is 36.4 Å². The number of ether oxygens (including phenoxy) is 1. The molecule has 3 N–H and O–H groups in total. The van der Waals surface area contributed by atoms with Gasteiger partial charge in [-0.1, -0.05) is 18.2 Å². The van der Waals surface area contributed by atoms with Crippen LogP contribution in [0.15, 0.2) is 35.3 Å². The molecule has 0 aromatic heterocycles. The number of halogens is 1. The van der Waals surface area contributed by atoms with Gasteiger partial charge < -0.3 is 20.7 Å². The average molecular weight is 420 g/mol. The molecule has 1 aromatic carbocycles. The lowest BCUT2D eigenvalue weighted by molar-refractivity contribution is -0.119. The van der Waals surface area contributed by atoms with Crippen LogP contribution < -0.4 is 20.7 Å². The average Bonchev–Trinajstić information content (AvgIpc) is 2.50. The third-order valence-corrected chi connectivity index (χ3v) is 2.51. The molecule has 0 spiro atoms. The first-order valence-electron chi connectivity index (χ1n) is 7.23. The molecule has 1 amide bonds. The number of carbonyl (C=O) groups excluding carboxylic acids is 1. The Balaban J connectivity index is 0.00000441. The molecule has 0 atom stereocenters. The van der Waals surface area contributed by atoms with Crippen LogP contribution in [0.25, 0.3) is 0 Å². The number of benzene rings is 1. The van der Waals surface area contributed by atoms with Crippen molar-refractivity contribution >= 4 is 35.8 Å². The molecule has 0 saturated heterocycles. The van der Waals surface area contributed by atoms with Crippen LogP contribution >= 0.6 is 24.0 Å². The Morgan fingerprint density at radius 1 is 1.09 bits per heavy atom. The third-order valence-electron chi connectivity index (χ3n) is 2.51. The van der Waals surface area contributed by atoms with Gasteiger partial charge in [-0.25, -0.2) is 4.99 Å². The maximum atomic E-state index is 11.4. The van der Waals surface area contributed by atoms with Crippen molar-refractivity contribution in [2.75, 3.05) is 32.8 Å². The number of nitrogens with zero attached hydrogens (tertiary/aromatic N) is 1. The van der Waals surface area contributed by atoms with E-state index in [9.17, 15) is 4.79 Å². The summed E-state index contributed by atoms with van der Waals surface area (Å²) >= 11 is 0. The van der Waals surface area contributed by atoms with Gasteiger partial charge in [0.05, 0.1) is 6.54 Å². The van der Waals surface area contributed by atoms with Gasteiger partial charge >= 0.3 is 0 Å². The van der Waals surface area contributed by atoms with Crippen molar-refractivity contribution < 1.29 is 9.53 Å². The molecule has 7 heteroatoms. The molecule has 0 radical (unpaired) electrons. The number of para-hydroxylation sites is 1. The molecule has 0 saturated carbocycles. The van der Waals surface area contributed by atoms with Crippen molar-refractivity contribution in [1.82, 2.24) is 16.0 Å². The fourth-order valence-electron chi connectivity index (χ4n) is 1.60. The number of guanidine groups is 1. The van der Waals surface area contributed by atoms with Crippen LogP contribution in [0.5, 0.6) is 5.75 Å². The highest BCUT2D eigenvalue weighted by Crippen LogP contribution is 2.07. The van der Waals surface area contributed by atoms with Crippen LogP contribution in [-0.2, 0) is 4.79 Å². The summed E-state index contributed by atoms with van der Waals surface area (Å²) in [5.41, 5.74) is 0. The number of hydrogen-bond acceptors (Lipinski definition) is 3. The molecule has 1 rings (SSSR count). The number of carbonyl (C=O) groups is 1. The SMILES string of the molecule is CCNC(=O)CN=C(NCC)NCCOc1ccccc1.I. The summed E-state index contributed by atoms with van der Waals surface area (Å²) in [5.74, 6) is 1.36. The fourth-order valence-corrected chi connectivity index (χ4v) is 1.60. The lowest BCUT2D eigenvalue weighted by Crippen LogP contribution is -2.40. The number of hydrogen-bond donors (Lipinski definition) is 3. The standard InChI is InChI=1S/C15H24N4O2.HI/c1-3-16-14(20)12-19-15(17-4-2)18-10-11-21-13-8-6-5-7-9-13;/h5-9H,3-4,10-12H2,1-2H3,(H,16,20)(H2,17,18,19);1H. The van der Waals surface area contributed by atoms with Gasteiger partial charge in [-0.15, -0.1) is 24.0 Å². The Labute approximate surface area is 149 Å². The minimum Gasteiger partial charge on any atom is -0.492 e. The van der Waals surface area contributed by atoms with E-state index in [4.69, 9.17) is 4.74 Å². The Morgan fingerprint density at radius 3 is 2.41 bits per heavy atom. The van der Waals surface area contributed by atoms with Crippen LogP contribution in [-0.4, -0.2) is 44.7 Å². The zero-order valence-corrected chi connectivity index (χ0v) is 15.4. The lowest BCUT2D eigenvalue weighted by atomic mass is 10.3. The number of rotatable bonds is 8. The maximum absolute atomic E-state index is 11.4. The summed E-state index contributed by atoms with van der Waals surface area (Å²) in [5, 5.41) is 8.91. The molecule has 0 fully saturated rings. The van der Waals surface area contributed by atoms with Crippen LogP contribution in [0, 0.1) is 0 Å². The second-order valence-electron chi connectivity index (χ2n) is 4.24. The molecule has 22 heavy (non-hydrogen) atoms. The predicted octanol–water partition coefficient (Wildman–Crippen LogP) is 1.37. The van der Waals surface area contributed by atoms with Crippen LogP contribution in [0.4, 0.5) is 0 Å². The highest BCUT2D eigenvalue weighted by molar-refractivity contribution is 14.0. The van der Waals surface area contributed by atoms with Gasteiger partial charge in [-0.3, -0.25) is 4.79 Å². The zero-order chi connectivity index (χ0) is 15.3. The summed E-state index contributed by atoms with van der Waals surface area (Å²) in [6.07, 6.45) is 0. The Bertz CT molecular complexity index is 440. The van der Waals surface area contributed by atoms with Crippen molar-refractivity contribution in [2.45, 2.75) is 13.8 Å². The monoisotopic (exact) mass is 420 g/mol. The van der Waals surface area contributed by atoms with E-state index in [0.717, 1.165) is 12.3 Å². The molecule has 0 unspecified atom stereocenters. The van der Waals surface area contributed by atoms with Crippen molar-refractivity contribution in [2.24, 2.45) is 4.99 Å². The summed E-state index contributed by atoms with van der Waals surface area (Å²) in [4.78, 5) is 15.6. The first-order chi connectivity index (χ1) is 10.3. The minimum absolute atomic E-state index is 0. The van der Waals surface area contributed by atoms with Crippen molar-refractivity contribution in [1.29, 1.82) is 0 Å². The first kappa shape index (κ1) is 20.5. The van der Waals surface area contributed by atoms with Gasteiger partial charge in [-0.2, -0.15) is 0 Å². The second-order valence-corrected chi connectivity index (χ2v) is 4.24. The zero-order valence-electron chi connectivity index (χ0n) is 13.1. The molecule has 0 aliphatic heterocycles. The molecule has 0 heterocycles. The molecular weight excluding hydrogens is 395 g/mol. The maximum Gasteiger partial charge on any atom is 0.241 e. The van der Waals surface area contributed by atoms with Gasteiger partial charge in [0.25, 0.3) is 0 Å². The molecule has 6 nitrogen and oxygen atoms in total. The van der Waals surface area contributed by atoms with Gasteiger partial charge in [0.2, 0.25) is 5.91 Å². The van der Waals surface area contributed by atoms with Crippen molar-refractivity contribution in [3.05, 3.63) is 30.3 Å². The van der Waals surface area contributed by atoms with Gasteiger partial charge in [0.1, 0.15) is 18.9 Å². The molecule has 124 valence electrons. The van der Waals surface area contributed by atoms with Gasteiger partial charge in [-0.05, 0) is 26.0 Å². The van der Waals surface area contributed by atoms with Crippen molar-refractivity contribution in [3.8, 4) is 5.75 Å². The number of nitrogens with one attached hydrogen (secondary N) is 3. The Morgan fingerprint density at radius 2 is 1.77 bits per heavy atom. The molecule has 0 aliphatic rings. The largest absolute Gasteiger partial charge is 0.492 e. The van der Waals surface area contributed by atoms with E-state index in [2.05, 4.69) is 20.9 Å². The normalized spacial score (nSPS) is 10.4. The Hall–Kier alpha value is -1.51. The van der Waals surface area contributed by atoms with E-state index in [1.165, 1.54) is 0 Å². The molecule has 1 aromatic rings. The smallest absolute Gasteiger partial charge is 0.241 e. The first-order valence-corrected chi connectivity index (χ1v) is 7.23. The van der Waals surface area contributed by atoms with Gasteiger partial charge in [0.15, 0.2) is 5.96 Å². The van der Waals surface area contributed by atoms with E-state index >= 15 is 0 Å².